The summed E-state index contributed by atoms with van der Waals surface area (Å²) in [5, 5.41) is 0. The average Bonchev–Trinajstić information content (AvgIpc) is 3.16. The van der Waals surface area contributed by atoms with Crippen LogP contribution in [0, 0.1) is 6.92 Å². The van der Waals surface area contributed by atoms with E-state index in [4.69, 9.17) is 4.98 Å². The molecule has 1 saturated carbocycles. The first kappa shape index (κ1) is 13.2. The lowest BCUT2D eigenvalue weighted by atomic mass is 10.2. The molecule has 0 aliphatic heterocycles. The van der Waals surface area contributed by atoms with Crippen LogP contribution < -0.4 is 5.56 Å². The maximum atomic E-state index is 12.3. The van der Waals surface area contributed by atoms with Gasteiger partial charge in [-0.15, -0.1) is 0 Å². The molecule has 1 aliphatic carbocycles. The van der Waals surface area contributed by atoms with Crippen LogP contribution in [0.4, 0.5) is 0 Å². The molecule has 3 aromatic rings. The fraction of sp³-hybridized carbons (Fsp3) is 0.353. The molecular formula is C17H18N4O. The van der Waals surface area contributed by atoms with Gasteiger partial charge in [0.1, 0.15) is 5.52 Å². The third kappa shape index (κ3) is 2.04. The number of rotatable bonds is 2. The summed E-state index contributed by atoms with van der Waals surface area (Å²) in [5.41, 5.74) is 2.70. The molecule has 112 valence electrons. The van der Waals surface area contributed by atoms with E-state index >= 15 is 0 Å². The first-order valence-electron chi connectivity index (χ1n) is 7.77. The minimum absolute atomic E-state index is 0.0554. The van der Waals surface area contributed by atoms with Crippen molar-refractivity contribution in [2.45, 2.75) is 38.6 Å². The van der Waals surface area contributed by atoms with Crippen molar-refractivity contribution in [2.24, 2.45) is 0 Å². The van der Waals surface area contributed by atoms with Gasteiger partial charge in [0, 0.05) is 24.5 Å². The third-order valence-electron chi connectivity index (χ3n) is 4.39. The van der Waals surface area contributed by atoms with Gasteiger partial charge >= 0.3 is 0 Å². The summed E-state index contributed by atoms with van der Waals surface area (Å²) in [6.45, 7) is 1.98. The Morgan fingerprint density at radius 1 is 1.18 bits per heavy atom. The lowest BCUT2D eigenvalue weighted by molar-refractivity contribution is 0.517. The van der Waals surface area contributed by atoms with Gasteiger partial charge in [0.2, 0.25) is 5.95 Å². The number of pyridine rings is 2. The first-order chi connectivity index (χ1) is 10.7. The van der Waals surface area contributed by atoms with E-state index in [1.807, 2.05) is 31.3 Å². The van der Waals surface area contributed by atoms with Crippen molar-refractivity contribution in [2.75, 3.05) is 0 Å². The van der Waals surface area contributed by atoms with E-state index < -0.39 is 0 Å². The van der Waals surface area contributed by atoms with Crippen LogP contribution in [0.2, 0.25) is 0 Å². The SMILES string of the molecule is Cc1ccc(=O)n(-c2nc3cccnc3n2C2CCCC2)c1. The van der Waals surface area contributed by atoms with Crippen molar-refractivity contribution in [3.63, 3.8) is 0 Å². The second kappa shape index (κ2) is 5.09. The van der Waals surface area contributed by atoms with E-state index in [0.29, 0.717) is 12.0 Å². The highest BCUT2D eigenvalue weighted by atomic mass is 16.1. The van der Waals surface area contributed by atoms with E-state index in [-0.39, 0.29) is 5.56 Å². The predicted molar refractivity (Wildman–Crippen MR) is 85.4 cm³/mol. The number of aryl methyl sites for hydroxylation is 1. The fourth-order valence-electron chi connectivity index (χ4n) is 3.34. The molecule has 0 bridgehead atoms. The molecule has 5 heteroatoms. The van der Waals surface area contributed by atoms with Crippen molar-refractivity contribution in [3.05, 3.63) is 52.6 Å². The minimum Gasteiger partial charge on any atom is -0.291 e. The van der Waals surface area contributed by atoms with Gasteiger partial charge in [0.25, 0.3) is 5.56 Å². The van der Waals surface area contributed by atoms with Crippen LogP contribution in [0.3, 0.4) is 0 Å². The maximum Gasteiger partial charge on any atom is 0.257 e. The van der Waals surface area contributed by atoms with Crippen LogP contribution in [0.1, 0.15) is 37.3 Å². The van der Waals surface area contributed by atoms with E-state index in [0.717, 1.165) is 29.6 Å². The van der Waals surface area contributed by atoms with Gasteiger partial charge < -0.3 is 0 Å². The molecule has 3 heterocycles. The van der Waals surface area contributed by atoms with Crippen LogP contribution in [0.5, 0.6) is 0 Å². The second-order valence-corrected chi connectivity index (χ2v) is 5.98. The van der Waals surface area contributed by atoms with Crippen LogP contribution in [0.25, 0.3) is 17.1 Å². The number of hydrogen-bond donors (Lipinski definition) is 0. The Labute approximate surface area is 128 Å². The molecule has 0 atom stereocenters. The molecule has 1 fully saturated rings. The molecule has 0 unspecified atom stereocenters. The molecule has 0 spiro atoms. The third-order valence-corrected chi connectivity index (χ3v) is 4.39. The fourth-order valence-corrected chi connectivity index (χ4v) is 3.34. The van der Waals surface area contributed by atoms with Crippen molar-refractivity contribution in [1.29, 1.82) is 0 Å². The molecule has 1 aliphatic rings. The maximum absolute atomic E-state index is 12.3. The van der Waals surface area contributed by atoms with Crippen LogP contribution in [-0.4, -0.2) is 19.1 Å². The van der Waals surface area contributed by atoms with Gasteiger partial charge in [-0.05, 0) is 37.5 Å². The lowest BCUT2D eigenvalue weighted by Crippen LogP contribution is -2.22. The summed E-state index contributed by atoms with van der Waals surface area (Å²) in [6, 6.07) is 7.65. The predicted octanol–water partition coefficient (Wildman–Crippen LogP) is 3.01. The number of hydrogen-bond acceptors (Lipinski definition) is 3. The number of fused-ring (bicyclic) bond motifs is 1. The standard InChI is InChI=1S/C17H18N4O/c1-12-8-9-15(22)20(11-12)17-19-14-7-4-10-18-16(14)21(17)13-5-2-3-6-13/h4,7-11,13H,2-3,5-6H2,1H3. The van der Waals surface area contributed by atoms with Crippen LogP contribution in [0.15, 0.2) is 41.5 Å². The number of nitrogens with zero attached hydrogens (tertiary/aromatic N) is 4. The monoisotopic (exact) mass is 294 g/mol. The smallest absolute Gasteiger partial charge is 0.257 e. The van der Waals surface area contributed by atoms with Gasteiger partial charge in [-0.2, -0.15) is 0 Å². The highest BCUT2D eigenvalue weighted by molar-refractivity contribution is 5.73. The Bertz CT molecular complexity index is 887. The summed E-state index contributed by atoms with van der Waals surface area (Å²) in [4.78, 5) is 21.5. The minimum atomic E-state index is -0.0554. The summed E-state index contributed by atoms with van der Waals surface area (Å²) < 4.78 is 3.80. The van der Waals surface area contributed by atoms with Crippen molar-refractivity contribution in [3.8, 4) is 5.95 Å². The summed E-state index contributed by atoms with van der Waals surface area (Å²) in [7, 11) is 0. The topological polar surface area (TPSA) is 52.7 Å². The molecule has 0 amide bonds. The zero-order valence-corrected chi connectivity index (χ0v) is 12.6. The Balaban J connectivity index is 2.02. The Morgan fingerprint density at radius 3 is 2.82 bits per heavy atom. The average molecular weight is 294 g/mol. The molecule has 0 saturated heterocycles. The van der Waals surface area contributed by atoms with Crippen molar-refractivity contribution < 1.29 is 0 Å². The zero-order valence-electron chi connectivity index (χ0n) is 12.6. The van der Waals surface area contributed by atoms with Gasteiger partial charge in [-0.25, -0.2) is 9.97 Å². The first-order valence-corrected chi connectivity index (χ1v) is 7.77. The lowest BCUT2D eigenvalue weighted by Gasteiger charge is -2.16. The highest BCUT2D eigenvalue weighted by Gasteiger charge is 2.24. The van der Waals surface area contributed by atoms with E-state index in [2.05, 4.69) is 9.55 Å². The highest BCUT2D eigenvalue weighted by Crippen LogP contribution is 2.33. The summed E-state index contributed by atoms with van der Waals surface area (Å²) in [5.74, 6) is 0.689. The van der Waals surface area contributed by atoms with Gasteiger partial charge in [-0.3, -0.25) is 13.9 Å². The summed E-state index contributed by atoms with van der Waals surface area (Å²) >= 11 is 0. The van der Waals surface area contributed by atoms with E-state index in [1.165, 1.54) is 12.8 Å². The number of aromatic nitrogens is 4. The van der Waals surface area contributed by atoms with Gasteiger partial charge in [0.05, 0.1) is 0 Å². The van der Waals surface area contributed by atoms with Crippen LogP contribution in [-0.2, 0) is 0 Å². The quantitative estimate of drug-likeness (QED) is 0.730. The van der Waals surface area contributed by atoms with Crippen LogP contribution >= 0.6 is 0 Å². The van der Waals surface area contributed by atoms with Gasteiger partial charge in [-0.1, -0.05) is 18.9 Å². The zero-order chi connectivity index (χ0) is 15.1. The Kier molecular flexibility index (Phi) is 3.06. The molecule has 3 aromatic heterocycles. The largest absolute Gasteiger partial charge is 0.291 e. The van der Waals surface area contributed by atoms with E-state index in [9.17, 15) is 4.79 Å². The second-order valence-electron chi connectivity index (χ2n) is 5.98. The Hall–Kier alpha value is -2.43. The van der Waals surface area contributed by atoms with Crippen molar-refractivity contribution in [1.82, 2.24) is 19.1 Å². The molecular weight excluding hydrogens is 276 g/mol. The molecule has 0 aromatic carbocycles. The van der Waals surface area contributed by atoms with Gasteiger partial charge in [0.15, 0.2) is 5.65 Å². The number of imidazole rings is 1. The molecule has 0 radical (unpaired) electrons. The van der Waals surface area contributed by atoms with E-state index in [1.54, 1.807) is 16.8 Å². The summed E-state index contributed by atoms with van der Waals surface area (Å²) in [6.07, 6.45) is 8.33. The molecule has 5 nitrogen and oxygen atoms in total. The normalized spacial score (nSPS) is 15.7. The molecule has 22 heavy (non-hydrogen) atoms. The molecule has 0 N–H and O–H groups in total. The molecule has 4 rings (SSSR count). The van der Waals surface area contributed by atoms with Crippen molar-refractivity contribution >= 4 is 11.2 Å². The Morgan fingerprint density at radius 2 is 2.00 bits per heavy atom.